The third-order valence-electron chi connectivity index (χ3n) is 2.99. The van der Waals surface area contributed by atoms with E-state index in [1.807, 2.05) is 39.0 Å². The van der Waals surface area contributed by atoms with Crippen LogP contribution in [0.2, 0.25) is 0 Å². The van der Waals surface area contributed by atoms with E-state index in [0.717, 1.165) is 12.1 Å². The summed E-state index contributed by atoms with van der Waals surface area (Å²) >= 11 is 0. The molecule has 0 atom stereocenters. The Morgan fingerprint density at radius 1 is 1.35 bits per heavy atom. The summed E-state index contributed by atoms with van der Waals surface area (Å²) in [6.07, 6.45) is 0.904. The van der Waals surface area contributed by atoms with Gasteiger partial charge in [0.2, 0.25) is 5.78 Å². The lowest BCUT2D eigenvalue weighted by atomic mass is 10.1. The fraction of sp³-hybridized carbons (Fsp3) is 0.375. The van der Waals surface area contributed by atoms with Gasteiger partial charge in [0.05, 0.1) is 11.8 Å². The zero-order chi connectivity index (χ0) is 14.7. The SMILES string of the molecule is CCc1cc(C(=O)c2cccc(OC(C)C)c2)n(C)n1. The fourth-order valence-electron chi connectivity index (χ4n) is 2.04. The minimum Gasteiger partial charge on any atom is -0.491 e. The number of carbonyl (C=O) groups is 1. The van der Waals surface area contributed by atoms with E-state index in [9.17, 15) is 4.79 Å². The molecule has 0 fully saturated rings. The lowest BCUT2D eigenvalue weighted by Crippen LogP contribution is -2.09. The third kappa shape index (κ3) is 3.07. The summed E-state index contributed by atoms with van der Waals surface area (Å²) in [6, 6.07) is 9.12. The maximum Gasteiger partial charge on any atom is 0.211 e. The van der Waals surface area contributed by atoms with Crippen LogP contribution in [0.5, 0.6) is 5.75 Å². The first-order valence-corrected chi connectivity index (χ1v) is 6.85. The second kappa shape index (κ2) is 5.90. The number of rotatable bonds is 5. The Hall–Kier alpha value is -2.10. The van der Waals surface area contributed by atoms with Crippen LogP contribution in [0.3, 0.4) is 0 Å². The van der Waals surface area contributed by atoms with Crippen LogP contribution in [-0.2, 0) is 13.5 Å². The molecule has 1 heterocycles. The van der Waals surface area contributed by atoms with Gasteiger partial charge >= 0.3 is 0 Å². The molecule has 0 aliphatic rings. The van der Waals surface area contributed by atoms with Crippen molar-refractivity contribution in [3.05, 3.63) is 47.3 Å². The average Bonchev–Trinajstić information content (AvgIpc) is 2.79. The van der Waals surface area contributed by atoms with E-state index in [1.165, 1.54) is 0 Å². The van der Waals surface area contributed by atoms with Crippen molar-refractivity contribution in [3.8, 4) is 5.75 Å². The predicted molar refractivity (Wildman–Crippen MR) is 78.2 cm³/mol. The fourth-order valence-corrected chi connectivity index (χ4v) is 2.04. The Bertz CT molecular complexity index is 615. The summed E-state index contributed by atoms with van der Waals surface area (Å²) in [5.74, 6) is 0.678. The van der Waals surface area contributed by atoms with Crippen molar-refractivity contribution in [1.29, 1.82) is 0 Å². The Balaban J connectivity index is 2.30. The first-order chi connectivity index (χ1) is 9.51. The molecule has 0 saturated carbocycles. The lowest BCUT2D eigenvalue weighted by Gasteiger charge is -2.10. The molecule has 0 radical (unpaired) electrons. The van der Waals surface area contributed by atoms with E-state index in [0.29, 0.717) is 17.0 Å². The summed E-state index contributed by atoms with van der Waals surface area (Å²) in [6.45, 7) is 5.94. The molecule has 20 heavy (non-hydrogen) atoms. The third-order valence-corrected chi connectivity index (χ3v) is 2.99. The van der Waals surface area contributed by atoms with E-state index >= 15 is 0 Å². The van der Waals surface area contributed by atoms with Gasteiger partial charge in [-0.2, -0.15) is 5.10 Å². The number of aryl methyl sites for hydroxylation is 2. The minimum atomic E-state index is -0.0334. The topological polar surface area (TPSA) is 44.1 Å². The molecule has 4 nitrogen and oxygen atoms in total. The maximum absolute atomic E-state index is 12.5. The highest BCUT2D eigenvalue weighted by Gasteiger charge is 2.15. The van der Waals surface area contributed by atoms with Gasteiger partial charge in [0, 0.05) is 12.6 Å². The average molecular weight is 272 g/mol. The molecule has 1 aromatic heterocycles. The molecular weight excluding hydrogens is 252 g/mol. The molecule has 1 aromatic carbocycles. The summed E-state index contributed by atoms with van der Waals surface area (Å²) in [5, 5.41) is 4.31. The van der Waals surface area contributed by atoms with E-state index in [4.69, 9.17) is 4.74 Å². The smallest absolute Gasteiger partial charge is 0.211 e. The summed E-state index contributed by atoms with van der Waals surface area (Å²) < 4.78 is 7.26. The minimum absolute atomic E-state index is 0.0334. The van der Waals surface area contributed by atoms with Crippen LogP contribution >= 0.6 is 0 Å². The number of ketones is 1. The number of nitrogens with zero attached hydrogens (tertiary/aromatic N) is 2. The van der Waals surface area contributed by atoms with Gasteiger partial charge < -0.3 is 4.74 Å². The van der Waals surface area contributed by atoms with E-state index in [-0.39, 0.29) is 11.9 Å². The molecule has 4 heteroatoms. The van der Waals surface area contributed by atoms with Crippen LogP contribution in [0.1, 0.15) is 42.5 Å². The second-order valence-electron chi connectivity index (χ2n) is 5.02. The van der Waals surface area contributed by atoms with Crippen LogP contribution in [0.15, 0.2) is 30.3 Å². The molecule has 0 N–H and O–H groups in total. The van der Waals surface area contributed by atoms with Crippen molar-refractivity contribution in [2.75, 3.05) is 0 Å². The molecule has 2 rings (SSSR count). The van der Waals surface area contributed by atoms with Gasteiger partial charge in [-0.25, -0.2) is 0 Å². The zero-order valence-electron chi connectivity index (χ0n) is 12.4. The molecule has 0 aliphatic carbocycles. The number of hydrogen-bond acceptors (Lipinski definition) is 3. The lowest BCUT2D eigenvalue weighted by molar-refractivity contribution is 0.102. The van der Waals surface area contributed by atoms with Crippen molar-refractivity contribution in [3.63, 3.8) is 0 Å². The molecule has 0 spiro atoms. The Labute approximate surface area is 119 Å². The Kier molecular flexibility index (Phi) is 4.23. The van der Waals surface area contributed by atoms with Crippen molar-refractivity contribution in [2.45, 2.75) is 33.3 Å². The van der Waals surface area contributed by atoms with Crippen molar-refractivity contribution in [2.24, 2.45) is 7.05 Å². The number of carbonyl (C=O) groups excluding carboxylic acids is 1. The first kappa shape index (κ1) is 14.3. The van der Waals surface area contributed by atoms with Gasteiger partial charge in [0.1, 0.15) is 11.4 Å². The summed E-state index contributed by atoms with van der Waals surface area (Å²) in [4.78, 5) is 12.5. The van der Waals surface area contributed by atoms with E-state index in [1.54, 1.807) is 23.9 Å². The molecule has 106 valence electrons. The monoisotopic (exact) mass is 272 g/mol. The normalized spacial score (nSPS) is 10.8. The van der Waals surface area contributed by atoms with Crippen molar-refractivity contribution >= 4 is 5.78 Å². The highest BCUT2D eigenvalue weighted by molar-refractivity contribution is 6.08. The molecule has 0 saturated heterocycles. The molecule has 0 amide bonds. The maximum atomic E-state index is 12.5. The number of benzene rings is 1. The van der Waals surface area contributed by atoms with Gasteiger partial charge in [-0.3, -0.25) is 9.48 Å². The Morgan fingerprint density at radius 3 is 2.70 bits per heavy atom. The molecule has 0 unspecified atom stereocenters. The van der Waals surface area contributed by atoms with Gasteiger partial charge in [-0.15, -0.1) is 0 Å². The van der Waals surface area contributed by atoms with Crippen LogP contribution in [0.25, 0.3) is 0 Å². The van der Waals surface area contributed by atoms with Gasteiger partial charge in [0.15, 0.2) is 0 Å². The molecule has 0 bridgehead atoms. The largest absolute Gasteiger partial charge is 0.491 e. The van der Waals surface area contributed by atoms with E-state index < -0.39 is 0 Å². The quantitative estimate of drug-likeness (QED) is 0.786. The van der Waals surface area contributed by atoms with Crippen LogP contribution in [0, 0.1) is 0 Å². The highest BCUT2D eigenvalue weighted by atomic mass is 16.5. The van der Waals surface area contributed by atoms with Gasteiger partial charge in [-0.05, 0) is 38.5 Å². The molecule has 2 aromatic rings. The van der Waals surface area contributed by atoms with Crippen LogP contribution in [0.4, 0.5) is 0 Å². The van der Waals surface area contributed by atoms with E-state index in [2.05, 4.69) is 5.10 Å². The number of ether oxygens (including phenoxy) is 1. The molecule has 0 aliphatic heterocycles. The zero-order valence-corrected chi connectivity index (χ0v) is 12.4. The molecular formula is C16H20N2O2. The Morgan fingerprint density at radius 2 is 2.10 bits per heavy atom. The van der Waals surface area contributed by atoms with Gasteiger partial charge in [-0.1, -0.05) is 19.1 Å². The standard InChI is InChI=1S/C16H20N2O2/c1-5-13-10-15(18(4)17-13)16(19)12-7-6-8-14(9-12)20-11(2)3/h6-11H,5H2,1-4H3. The highest BCUT2D eigenvalue weighted by Crippen LogP contribution is 2.18. The number of aromatic nitrogens is 2. The first-order valence-electron chi connectivity index (χ1n) is 6.85. The number of hydrogen-bond donors (Lipinski definition) is 0. The summed E-state index contributed by atoms with van der Waals surface area (Å²) in [7, 11) is 1.79. The van der Waals surface area contributed by atoms with Crippen molar-refractivity contribution < 1.29 is 9.53 Å². The van der Waals surface area contributed by atoms with Crippen molar-refractivity contribution in [1.82, 2.24) is 9.78 Å². The second-order valence-corrected chi connectivity index (χ2v) is 5.02. The van der Waals surface area contributed by atoms with Gasteiger partial charge in [0.25, 0.3) is 0 Å². The van der Waals surface area contributed by atoms with Crippen LogP contribution < -0.4 is 4.74 Å². The summed E-state index contributed by atoms with van der Waals surface area (Å²) in [5.41, 5.74) is 2.14. The van der Waals surface area contributed by atoms with Crippen LogP contribution in [-0.4, -0.2) is 21.7 Å². The predicted octanol–water partition coefficient (Wildman–Crippen LogP) is 3.00.